The van der Waals surface area contributed by atoms with Crippen molar-refractivity contribution in [2.45, 2.75) is 13.3 Å². The molecule has 1 aliphatic heterocycles. The van der Waals surface area contributed by atoms with Crippen LogP contribution in [0.1, 0.15) is 23.7 Å². The number of amides is 1. The molecule has 1 amide bonds. The molecule has 1 unspecified atom stereocenters. The van der Waals surface area contributed by atoms with Crippen molar-refractivity contribution in [2.24, 2.45) is 5.41 Å². The van der Waals surface area contributed by atoms with Crippen molar-refractivity contribution in [1.82, 2.24) is 14.9 Å². The maximum absolute atomic E-state index is 12.6. The van der Waals surface area contributed by atoms with E-state index in [0.717, 1.165) is 5.69 Å². The van der Waals surface area contributed by atoms with Crippen LogP contribution in [0.25, 0.3) is 0 Å². The molecule has 0 radical (unpaired) electrons. The number of aliphatic carboxylic acids is 1. The van der Waals surface area contributed by atoms with Gasteiger partial charge in [0.25, 0.3) is 5.91 Å². The average Bonchev–Trinajstić information content (AvgIpc) is 2.99. The molecule has 1 aromatic heterocycles. The standard InChI is InChI=1S/C17H18N4O3/c1-17(16(23)24)5-8-21(11-17)15(22)12-3-2-4-13(9-12)20-14-10-18-6-7-19-14/h2-4,6-7,9-10H,5,8,11H2,1H3,(H,19,20)(H,23,24). The van der Waals surface area contributed by atoms with Crippen molar-refractivity contribution in [3.05, 3.63) is 48.4 Å². The molecule has 1 saturated heterocycles. The summed E-state index contributed by atoms with van der Waals surface area (Å²) in [6, 6.07) is 7.06. The van der Waals surface area contributed by atoms with Gasteiger partial charge < -0.3 is 15.3 Å². The van der Waals surface area contributed by atoms with Gasteiger partial charge in [-0.3, -0.25) is 14.6 Å². The van der Waals surface area contributed by atoms with Crippen LogP contribution < -0.4 is 5.32 Å². The molecule has 124 valence electrons. The van der Waals surface area contributed by atoms with E-state index in [1.54, 1.807) is 48.6 Å². The lowest BCUT2D eigenvalue weighted by Gasteiger charge is -2.20. The average molecular weight is 326 g/mol. The number of hydrogen-bond acceptors (Lipinski definition) is 5. The topological polar surface area (TPSA) is 95.4 Å². The van der Waals surface area contributed by atoms with Gasteiger partial charge in [-0.25, -0.2) is 4.98 Å². The number of nitrogens with one attached hydrogen (secondary N) is 1. The zero-order chi connectivity index (χ0) is 17.2. The quantitative estimate of drug-likeness (QED) is 0.894. The van der Waals surface area contributed by atoms with Crippen molar-refractivity contribution in [3.8, 4) is 0 Å². The number of hydrogen-bond donors (Lipinski definition) is 2. The normalized spacial score (nSPS) is 20.0. The zero-order valence-electron chi connectivity index (χ0n) is 13.3. The molecule has 7 heteroatoms. The van der Waals surface area contributed by atoms with E-state index in [-0.39, 0.29) is 12.5 Å². The predicted molar refractivity (Wildman–Crippen MR) is 88.0 cm³/mol. The van der Waals surface area contributed by atoms with Gasteiger partial charge in [0, 0.05) is 36.7 Å². The molecule has 0 spiro atoms. The van der Waals surface area contributed by atoms with Gasteiger partial charge in [0.15, 0.2) is 0 Å². The number of carbonyl (C=O) groups is 2. The second-order valence-electron chi connectivity index (χ2n) is 6.14. The van der Waals surface area contributed by atoms with E-state index < -0.39 is 11.4 Å². The monoisotopic (exact) mass is 326 g/mol. The largest absolute Gasteiger partial charge is 0.481 e. The number of likely N-dealkylation sites (tertiary alicyclic amines) is 1. The molecule has 1 aromatic carbocycles. The highest BCUT2D eigenvalue weighted by atomic mass is 16.4. The second-order valence-corrected chi connectivity index (χ2v) is 6.14. The highest BCUT2D eigenvalue weighted by molar-refractivity contribution is 5.96. The first-order valence-corrected chi connectivity index (χ1v) is 7.64. The summed E-state index contributed by atoms with van der Waals surface area (Å²) in [4.78, 5) is 33.7. The number of rotatable bonds is 4. The number of benzene rings is 1. The molecule has 3 rings (SSSR count). The minimum atomic E-state index is -0.870. The summed E-state index contributed by atoms with van der Waals surface area (Å²) in [5, 5.41) is 12.4. The number of nitrogens with zero attached hydrogens (tertiary/aromatic N) is 3. The number of aromatic nitrogens is 2. The van der Waals surface area contributed by atoms with E-state index in [1.807, 2.05) is 6.07 Å². The van der Waals surface area contributed by atoms with Crippen molar-refractivity contribution < 1.29 is 14.7 Å². The van der Waals surface area contributed by atoms with Gasteiger partial charge in [-0.05, 0) is 31.5 Å². The van der Waals surface area contributed by atoms with Crippen LogP contribution in [0, 0.1) is 5.41 Å². The molecule has 1 atom stereocenters. The Morgan fingerprint density at radius 3 is 2.83 bits per heavy atom. The van der Waals surface area contributed by atoms with Crippen LogP contribution >= 0.6 is 0 Å². The van der Waals surface area contributed by atoms with Gasteiger partial charge >= 0.3 is 5.97 Å². The Morgan fingerprint density at radius 2 is 2.17 bits per heavy atom. The van der Waals surface area contributed by atoms with Crippen LogP contribution in [-0.2, 0) is 4.79 Å². The third-order valence-corrected chi connectivity index (χ3v) is 4.22. The SMILES string of the molecule is CC1(C(=O)O)CCN(C(=O)c2cccc(Nc3cnccn3)c2)C1. The van der Waals surface area contributed by atoms with Gasteiger partial charge in [0.05, 0.1) is 11.6 Å². The van der Waals surface area contributed by atoms with E-state index >= 15 is 0 Å². The van der Waals surface area contributed by atoms with Crippen molar-refractivity contribution in [1.29, 1.82) is 0 Å². The minimum Gasteiger partial charge on any atom is -0.481 e. The summed E-state index contributed by atoms with van der Waals surface area (Å²) in [5.74, 6) is -0.444. The van der Waals surface area contributed by atoms with E-state index in [0.29, 0.717) is 24.3 Å². The van der Waals surface area contributed by atoms with E-state index in [2.05, 4.69) is 15.3 Å². The number of carbonyl (C=O) groups excluding carboxylic acids is 1. The fourth-order valence-corrected chi connectivity index (χ4v) is 2.73. The molecule has 2 aromatic rings. The lowest BCUT2D eigenvalue weighted by molar-refractivity contribution is -0.147. The molecule has 0 bridgehead atoms. The summed E-state index contributed by atoms with van der Waals surface area (Å²) in [6.45, 7) is 2.35. The molecular formula is C17H18N4O3. The molecule has 0 saturated carbocycles. The van der Waals surface area contributed by atoms with Crippen molar-refractivity contribution >= 4 is 23.4 Å². The third-order valence-electron chi connectivity index (χ3n) is 4.22. The fraction of sp³-hybridized carbons (Fsp3) is 0.294. The van der Waals surface area contributed by atoms with Crippen molar-refractivity contribution in [3.63, 3.8) is 0 Å². The summed E-state index contributed by atoms with van der Waals surface area (Å²) < 4.78 is 0. The summed E-state index contributed by atoms with van der Waals surface area (Å²) >= 11 is 0. The zero-order valence-corrected chi connectivity index (χ0v) is 13.3. The van der Waals surface area contributed by atoms with E-state index in [9.17, 15) is 14.7 Å². The lowest BCUT2D eigenvalue weighted by Crippen LogP contribution is -2.34. The van der Waals surface area contributed by atoms with Crippen LogP contribution in [0.4, 0.5) is 11.5 Å². The van der Waals surface area contributed by atoms with Crippen LogP contribution in [0.5, 0.6) is 0 Å². The third kappa shape index (κ3) is 3.19. The highest BCUT2D eigenvalue weighted by Gasteiger charge is 2.42. The Labute approximate surface area is 139 Å². The Hall–Kier alpha value is -2.96. The molecule has 2 N–H and O–H groups in total. The van der Waals surface area contributed by atoms with Gasteiger partial charge in [-0.1, -0.05) is 6.07 Å². The van der Waals surface area contributed by atoms with Gasteiger partial charge in [0.1, 0.15) is 5.82 Å². The van der Waals surface area contributed by atoms with E-state index in [1.165, 1.54) is 0 Å². The van der Waals surface area contributed by atoms with Crippen molar-refractivity contribution in [2.75, 3.05) is 18.4 Å². The molecule has 0 aliphatic carbocycles. The highest BCUT2D eigenvalue weighted by Crippen LogP contribution is 2.31. The Balaban J connectivity index is 1.74. The number of anilines is 2. The molecule has 1 fully saturated rings. The lowest BCUT2D eigenvalue weighted by atomic mass is 9.90. The Morgan fingerprint density at radius 1 is 1.33 bits per heavy atom. The maximum atomic E-state index is 12.6. The summed E-state index contributed by atoms with van der Waals surface area (Å²) in [6.07, 6.45) is 5.21. The minimum absolute atomic E-state index is 0.164. The molecular weight excluding hydrogens is 308 g/mol. The van der Waals surface area contributed by atoms with Crippen LogP contribution in [-0.4, -0.2) is 44.9 Å². The Bertz CT molecular complexity index is 765. The summed E-state index contributed by atoms with van der Waals surface area (Å²) in [7, 11) is 0. The first-order valence-electron chi connectivity index (χ1n) is 7.64. The molecule has 1 aliphatic rings. The fourth-order valence-electron chi connectivity index (χ4n) is 2.73. The second kappa shape index (κ2) is 6.27. The maximum Gasteiger partial charge on any atom is 0.311 e. The first kappa shape index (κ1) is 15.9. The molecule has 24 heavy (non-hydrogen) atoms. The molecule has 2 heterocycles. The number of carboxylic acids is 1. The van der Waals surface area contributed by atoms with Crippen LogP contribution in [0.2, 0.25) is 0 Å². The summed E-state index contributed by atoms with van der Waals surface area (Å²) in [5.41, 5.74) is 0.366. The predicted octanol–water partition coefficient (Wildman–Crippen LogP) is 2.16. The smallest absolute Gasteiger partial charge is 0.311 e. The van der Waals surface area contributed by atoms with Gasteiger partial charge in [-0.15, -0.1) is 0 Å². The van der Waals surface area contributed by atoms with Gasteiger partial charge in [0.2, 0.25) is 0 Å². The Kier molecular flexibility index (Phi) is 4.16. The molecule has 7 nitrogen and oxygen atoms in total. The number of carboxylic acid groups (broad SMARTS) is 1. The van der Waals surface area contributed by atoms with Gasteiger partial charge in [-0.2, -0.15) is 0 Å². The van der Waals surface area contributed by atoms with E-state index in [4.69, 9.17) is 0 Å². The first-order chi connectivity index (χ1) is 11.5. The van der Waals surface area contributed by atoms with Crippen LogP contribution in [0.3, 0.4) is 0 Å². The van der Waals surface area contributed by atoms with Crippen LogP contribution in [0.15, 0.2) is 42.9 Å².